The molecule has 0 saturated carbocycles. The lowest BCUT2D eigenvalue weighted by molar-refractivity contribution is -0.0762. The molecule has 6 atom stereocenters. The molecule has 0 amide bonds. The van der Waals surface area contributed by atoms with Crippen LogP contribution in [-0.4, -0.2) is 53.9 Å². The summed E-state index contributed by atoms with van der Waals surface area (Å²) in [5, 5.41) is 18.2. The molecule has 0 bridgehead atoms. The molecule has 5 nitrogen and oxygen atoms in total. The van der Waals surface area contributed by atoms with Crippen LogP contribution in [0.4, 0.5) is 0 Å². The van der Waals surface area contributed by atoms with Crippen LogP contribution in [0.25, 0.3) is 0 Å². The number of aliphatic hydroxyl groups is 2. The third-order valence-corrected chi connectivity index (χ3v) is 3.56. The minimum Gasteiger partial charge on any atom is -0.390 e. The Morgan fingerprint density at radius 3 is 1.65 bits per heavy atom. The van der Waals surface area contributed by atoms with Crippen molar-refractivity contribution in [1.82, 2.24) is 0 Å². The molecule has 124 valence electrons. The van der Waals surface area contributed by atoms with Gasteiger partial charge in [-0.15, -0.1) is 0 Å². The number of aliphatic hydroxyl groups excluding tert-OH is 2. The monoisotopic (exact) mass is 293 g/mol. The summed E-state index contributed by atoms with van der Waals surface area (Å²) in [4.78, 5) is 0. The first-order valence-electron chi connectivity index (χ1n) is 6.75. The molecule has 2 rings (SSSR count). The van der Waals surface area contributed by atoms with Crippen molar-refractivity contribution in [1.29, 1.82) is 0 Å². The highest BCUT2D eigenvalue weighted by atomic mass is 16.5. The first kappa shape index (κ1) is 22.1. The molecule has 2 heterocycles. The molecule has 0 aromatic carbocycles. The normalized spacial score (nSPS) is 40.5. The molecule has 2 fully saturated rings. The number of rotatable bonds is 0. The van der Waals surface area contributed by atoms with Gasteiger partial charge in [0.1, 0.15) is 0 Å². The van der Waals surface area contributed by atoms with E-state index in [2.05, 4.69) is 6.92 Å². The number of ether oxygens (including phenoxy) is 2. The van der Waals surface area contributed by atoms with Gasteiger partial charge in [0.15, 0.2) is 0 Å². The fourth-order valence-electron chi connectivity index (χ4n) is 2.17. The molecule has 20 heavy (non-hydrogen) atoms. The van der Waals surface area contributed by atoms with Crippen molar-refractivity contribution in [3.63, 3.8) is 0 Å². The van der Waals surface area contributed by atoms with Crippen LogP contribution in [0, 0.1) is 5.92 Å². The Hall–Kier alpha value is -0.200. The number of hydrogen-bond donors (Lipinski definition) is 3. The van der Waals surface area contributed by atoms with Gasteiger partial charge in [0, 0.05) is 6.04 Å². The summed E-state index contributed by atoms with van der Waals surface area (Å²) in [5.41, 5.74) is 5.54. The van der Waals surface area contributed by atoms with Crippen molar-refractivity contribution >= 4 is 0 Å². The van der Waals surface area contributed by atoms with Crippen molar-refractivity contribution in [2.45, 2.75) is 78.9 Å². The van der Waals surface area contributed by atoms with Crippen molar-refractivity contribution < 1.29 is 19.7 Å². The lowest BCUT2D eigenvalue weighted by Gasteiger charge is -2.28. The quantitative estimate of drug-likeness (QED) is 0.631. The Balaban J connectivity index is 0. The molecule has 4 N–H and O–H groups in total. The Morgan fingerprint density at radius 2 is 1.30 bits per heavy atom. The lowest BCUT2D eigenvalue weighted by Crippen LogP contribution is -2.45. The van der Waals surface area contributed by atoms with Gasteiger partial charge >= 0.3 is 0 Å². The van der Waals surface area contributed by atoms with Gasteiger partial charge in [-0.2, -0.15) is 0 Å². The highest BCUT2D eigenvalue weighted by Gasteiger charge is 2.24. The van der Waals surface area contributed by atoms with Crippen LogP contribution in [0.2, 0.25) is 0 Å². The van der Waals surface area contributed by atoms with Gasteiger partial charge in [0.05, 0.1) is 37.6 Å². The van der Waals surface area contributed by atoms with Crippen molar-refractivity contribution in [3.8, 4) is 0 Å². The van der Waals surface area contributed by atoms with Gasteiger partial charge in [0.2, 0.25) is 0 Å². The maximum atomic E-state index is 9.17. The topological polar surface area (TPSA) is 84.9 Å². The zero-order valence-electron chi connectivity index (χ0n) is 11.6. The van der Waals surface area contributed by atoms with Crippen LogP contribution in [0.1, 0.15) is 48.5 Å². The van der Waals surface area contributed by atoms with Gasteiger partial charge < -0.3 is 25.4 Å². The minimum absolute atomic E-state index is 0. The summed E-state index contributed by atoms with van der Waals surface area (Å²) in [7, 11) is 0. The van der Waals surface area contributed by atoms with Crippen LogP contribution in [0.3, 0.4) is 0 Å². The molecule has 5 heteroatoms. The van der Waals surface area contributed by atoms with Gasteiger partial charge in [0.25, 0.3) is 0 Å². The standard InChI is InChI=1S/C7H14O2.C6H13NO2.2CH4/c1-5-3-6(2)9-4-7(5)8;1-4-2-5(7)6(8)3-9-4;;/h5-8H,3-4H2,1-2H3;4-6,8H,2-3,7H2,1H3;2*1H4/t5-,6-,7-;4-,5-,6-;;/m00../s1. The summed E-state index contributed by atoms with van der Waals surface area (Å²) in [6.07, 6.45) is 1.61. The predicted octanol–water partition coefficient (Wildman–Crippen LogP) is 1.55. The first-order chi connectivity index (χ1) is 8.40. The second kappa shape index (κ2) is 10.5. The molecule has 0 aliphatic carbocycles. The molecular formula is C15H35NO4. The smallest absolute Gasteiger partial charge is 0.0925 e. The van der Waals surface area contributed by atoms with Gasteiger partial charge in [-0.05, 0) is 32.6 Å². The maximum absolute atomic E-state index is 9.17. The molecule has 2 aliphatic heterocycles. The third kappa shape index (κ3) is 7.55. The average Bonchev–Trinajstić information content (AvgIpc) is 2.30. The second-order valence-corrected chi connectivity index (χ2v) is 5.54. The first-order valence-corrected chi connectivity index (χ1v) is 6.75. The van der Waals surface area contributed by atoms with Crippen molar-refractivity contribution in [3.05, 3.63) is 0 Å². The van der Waals surface area contributed by atoms with Crippen LogP contribution in [-0.2, 0) is 9.47 Å². The highest BCUT2D eigenvalue weighted by molar-refractivity contribution is 4.78. The van der Waals surface area contributed by atoms with Crippen molar-refractivity contribution in [2.24, 2.45) is 11.7 Å². The van der Waals surface area contributed by atoms with Crippen molar-refractivity contribution in [2.75, 3.05) is 13.2 Å². The maximum Gasteiger partial charge on any atom is 0.0925 e. The Labute approximate surface area is 124 Å². The molecule has 0 aromatic rings. The number of hydrogen-bond acceptors (Lipinski definition) is 5. The Morgan fingerprint density at radius 1 is 0.850 bits per heavy atom. The van der Waals surface area contributed by atoms with E-state index in [1.165, 1.54) is 0 Å². The summed E-state index contributed by atoms with van der Waals surface area (Å²) in [6.45, 7) is 6.97. The van der Waals surface area contributed by atoms with Crippen LogP contribution in [0.5, 0.6) is 0 Å². The second-order valence-electron chi connectivity index (χ2n) is 5.54. The van der Waals surface area contributed by atoms with Crippen LogP contribution >= 0.6 is 0 Å². The molecule has 0 unspecified atom stereocenters. The highest BCUT2D eigenvalue weighted by Crippen LogP contribution is 2.19. The SMILES string of the molecule is C.C.C[C@H]1C[C@H](C)[C@@H](O)CO1.C[C@H]1C[C@H](N)[C@@H](O)CO1. The van der Waals surface area contributed by atoms with E-state index in [4.69, 9.17) is 20.3 Å². The van der Waals surface area contributed by atoms with E-state index in [1.807, 2.05) is 13.8 Å². The van der Waals surface area contributed by atoms with E-state index in [-0.39, 0.29) is 33.1 Å². The zero-order valence-corrected chi connectivity index (χ0v) is 11.6. The van der Waals surface area contributed by atoms with Crippen LogP contribution in [0.15, 0.2) is 0 Å². The van der Waals surface area contributed by atoms with E-state index in [0.717, 1.165) is 12.8 Å². The Bertz CT molecular complexity index is 216. The molecule has 0 radical (unpaired) electrons. The zero-order chi connectivity index (χ0) is 13.7. The van der Waals surface area contributed by atoms with Crippen LogP contribution < -0.4 is 5.73 Å². The van der Waals surface area contributed by atoms with E-state index in [0.29, 0.717) is 25.2 Å². The summed E-state index contributed by atoms with van der Waals surface area (Å²) < 4.78 is 10.3. The van der Waals surface area contributed by atoms with E-state index < -0.39 is 6.10 Å². The molecule has 0 aromatic heterocycles. The van der Waals surface area contributed by atoms with Gasteiger partial charge in [-0.3, -0.25) is 0 Å². The number of nitrogens with two attached hydrogens (primary N) is 1. The average molecular weight is 293 g/mol. The summed E-state index contributed by atoms with van der Waals surface area (Å²) in [6, 6.07) is -0.0891. The molecular weight excluding hydrogens is 258 g/mol. The summed E-state index contributed by atoms with van der Waals surface area (Å²) in [5.74, 6) is 0.411. The fraction of sp³-hybridized carbons (Fsp3) is 1.00. The van der Waals surface area contributed by atoms with Gasteiger partial charge in [-0.1, -0.05) is 21.8 Å². The minimum atomic E-state index is -0.457. The van der Waals surface area contributed by atoms with E-state index >= 15 is 0 Å². The molecule has 2 saturated heterocycles. The largest absolute Gasteiger partial charge is 0.390 e. The Kier molecular flexibility index (Phi) is 11.6. The molecule has 0 spiro atoms. The van der Waals surface area contributed by atoms with E-state index in [9.17, 15) is 5.11 Å². The third-order valence-electron chi connectivity index (χ3n) is 3.56. The molecule has 2 aliphatic rings. The predicted molar refractivity (Wildman–Crippen MR) is 82.7 cm³/mol. The van der Waals surface area contributed by atoms with E-state index in [1.54, 1.807) is 0 Å². The fourth-order valence-corrected chi connectivity index (χ4v) is 2.17. The van der Waals surface area contributed by atoms with Gasteiger partial charge in [-0.25, -0.2) is 0 Å². The summed E-state index contributed by atoms with van der Waals surface area (Å²) >= 11 is 0. The lowest BCUT2D eigenvalue weighted by atomic mass is 9.96.